The lowest BCUT2D eigenvalue weighted by Crippen LogP contribution is -2.53. The normalized spacial score (nSPS) is 24.4. The molecule has 0 aromatic heterocycles. The fraction of sp³-hybridized carbons (Fsp3) is 0.909. The van der Waals surface area contributed by atoms with Crippen LogP contribution in [0.1, 0.15) is 12.8 Å². The Bertz CT molecular complexity index is 233. The maximum atomic E-state index is 11.9. The number of piperazine rings is 1. The molecular weight excluding hydrogens is 206 g/mol. The number of amides is 2. The monoisotopic (exact) mass is 227 g/mol. The Hall–Kier alpha value is -0.810. The van der Waals surface area contributed by atoms with E-state index >= 15 is 0 Å². The van der Waals surface area contributed by atoms with Gasteiger partial charge in [0.15, 0.2) is 0 Å². The Kier molecular flexibility index (Phi) is 4.01. The lowest BCUT2D eigenvalue weighted by atomic mass is 10.1. The average Bonchev–Trinajstić information content (AvgIpc) is 2.31. The molecule has 0 spiro atoms. The summed E-state index contributed by atoms with van der Waals surface area (Å²) in [5.74, 6) is 0. The molecular formula is C11H21N3O2. The van der Waals surface area contributed by atoms with Gasteiger partial charge in [0.2, 0.25) is 0 Å². The predicted molar refractivity (Wildman–Crippen MR) is 61.4 cm³/mol. The lowest BCUT2D eigenvalue weighted by Gasteiger charge is -2.34. The van der Waals surface area contributed by atoms with Gasteiger partial charge in [-0.1, -0.05) is 0 Å². The number of ether oxygens (including phenoxy) is 1. The number of carbonyl (C=O) groups excluding carboxylic acids is 1. The largest absolute Gasteiger partial charge is 0.381 e. The summed E-state index contributed by atoms with van der Waals surface area (Å²) < 4.78 is 5.27. The van der Waals surface area contributed by atoms with E-state index in [2.05, 4.69) is 17.3 Å². The molecule has 2 aliphatic heterocycles. The standard InChI is InChI=1S/C11H21N3O2/c1-13-4-6-14(7-5-13)11(15)12-10-2-8-16-9-3-10/h10H,2-9H2,1H3,(H,12,15). The highest BCUT2D eigenvalue weighted by Gasteiger charge is 2.22. The van der Waals surface area contributed by atoms with E-state index in [0.717, 1.165) is 52.2 Å². The highest BCUT2D eigenvalue weighted by atomic mass is 16.5. The first-order valence-electron chi connectivity index (χ1n) is 6.07. The van der Waals surface area contributed by atoms with Crippen LogP contribution < -0.4 is 5.32 Å². The Labute approximate surface area is 96.7 Å². The van der Waals surface area contributed by atoms with Gasteiger partial charge >= 0.3 is 6.03 Å². The van der Waals surface area contributed by atoms with Gasteiger partial charge in [0.05, 0.1) is 0 Å². The Morgan fingerprint density at radius 3 is 2.44 bits per heavy atom. The summed E-state index contributed by atoms with van der Waals surface area (Å²) in [7, 11) is 2.09. The highest BCUT2D eigenvalue weighted by molar-refractivity contribution is 5.74. The van der Waals surface area contributed by atoms with Gasteiger partial charge in [0.25, 0.3) is 0 Å². The summed E-state index contributed by atoms with van der Waals surface area (Å²) in [5, 5.41) is 3.09. The molecule has 5 heteroatoms. The fourth-order valence-corrected chi connectivity index (χ4v) is 2.12. The van der Waals surface area contributed by atoms with E-state index in [9.17, 15) is 4.79 Å². The molecule has 0 atom stereocenters. The molecule has 2 amide bonds. The second-order valence-corrected chi connectivity index (χ2v) is 4.63. The SMILES string of the molecule is CN1CCN(C(=O)NC2CCOCC2)CC1. The van der Waals surface area contributed by atoms with Crippen LogP contribution in [0.5, 0.6) is 0 Å². The molecule has 2 rings (SSSR count). The molecule has 2 fully saturated rings. The molecule has 2 saturated heterocycles. The van der Waals surface area contributed by atoms with Gasteiger partial charge in [-0.05, 0) is 19.9 Å². The third kappa shape index (κ3) is 3.09. The zero-order valence-electron chi connectivity index (χ0n) is 9.95. The van der Waals surface area contributed by atoms with Crippen LogP contribution in [0.2, 0.25) is 0 Å². The van der Waals surface area contributed by atoms with E-state index in [1.807, 2.05) is 4.90 Å². The van der Waals surface area contributed by atoms with Crippen molar-refractivity contribution < 1.29 is 9.53 Å². The van der Waals surface area contributed by atoms with Crippen molar-refractivity contribution in [3.63, 3.8) is 0 Å². The summed E-state index contributed by atoms with van der Waals surface area (Å²) in [4.78, 5) is 16.1. The number of rotatable bonds is 1. The maximum absolute atomic E-state index is 11.9. The third-order valence-electron chi connectivity index (χ3n) is 3.34. The van der Waals surface area contributed by atoms with Crippen molar-refractivity contribution in [1.29, 1.82) is 0 Å². The van der Waals surface area contributed by atoms with Gasteiger partial charge in [0.1, 0.15) is 0 Å². The van der Waals surface area contributed by atoms with Crippen LogP contribution >= 0.6 is 0 Å². The molecule has 1 N–H and O–H groups in total. The highest BCUT2D eigenvalue weighted by Crippen LogP contribution is 2.07. The van der Waals surface area contributed by atoms with Gasteiger partial charge in [-0.3, -0.25) is 0 Å². The van der Waals surface area contributed by atoms with Crippen LogP contribution in [0.4, 0.5) is 4.79 Å². The van der Waals surface area contributed by atoms with Crippen LogP contribution in [0.25, 0.3) is 0 Å². The van der Waals surface area contributed by atoms with E-state index in [-0.39, 0.29) is 6.03 Å². The molecule has 5 nitrogen and oxygen atoms in total. The molecule has 0 aromatic rings. The molecule has 2 heterocycles. The zero-order valence-corrected chi connectivity index (χ0v) is 9.95. The minimum Gasteiger partial charge on any atom is -0.381 e. The van der Waals surface area contributed by atoms with E-state index in [1.165, 1.54) is 0 Å². The maximum Gasteiger partial charge on any atom is 0.317 e. The summed E-state index contributed by atoms with van der Waals surface area (Å²) in [6.45, 7) is 5.17. The Morgan fingerprint density at radius 1 is 1.19 bits per heavy atom. The van der Waals surface area contributed by atoms with Crippen LogP contribution in [-0.4, -0.2) is 68.3 Å². The lowest BCUT2D eigenvalue weighted by molar-refractivity contribution is 0.0766. The summed E-state index contributed by atoms with van der Waals surface area (Å²) >= 11 is 0. The van der Waals surface area contributed by atoms with Crippen molar-refractivity contribution >= 4 is 6.03 Å². The smallest absolute Gasteiger partial charge is 0.317 e. The number of urea groups is 1. The van der Waals surface area contributed by atoms with Crippen LogP contribution in [-0.2, 0) is 4.74 Å². The van der Waals surface area contributed by atoms with Gasteiger partial charge < -0.3 is 19.9 Å². The van der Waals surface area contributed by atoms with E-state index in [1.54, 1.807) is 0 Å². The minimum atomic E-state index is 0.0972. The van der Waals surface area contributed by atoms with Crippen molar-refractivity contribution in [3.8, 4) is 0 Å². The summed E-state index contributed by atoms with van der Waals surface area (Å²) in [6, 6.07) is 0.404. The molecule has 0 aliphatic carbocycles. The number of nitrogens with zero attached hydrogens (tertiary/aromatic N) is 2. The quantitative estimate of drug-likeness (QED) is 0.692. The number of carbonyl (C=O) groups is 1. The van der Waals surface area contributed by atoms with E-state index < -0.39 is 0 Å². The molecule has 2 aliphatic rings. The molecule has 0 unspecified atom stereocenters. The Balaban J connectivity index is 1.74. The molecule has 0 saturated carbocycles. The number of likely N-dealkylation sites (N-methyl/N-ethyl adjacent to an activating group) is 1. The van der Waals surface area contributed by atoms with Crippen molar-refractivity contribution in [3.05, 3.63) is 0 Å². The fourth-order valence-electron chi connectivity index (χ4n) is 2.12. The Morgan fingerprint density at radius 2 is 1.81 bits per heavy atom. The molecule has 92 valence electrons. The first-order chi connectivity index (χ1) is 7.75. The second kappa shape index (κ2) is 5.50. The predicted octanol–water partition coefficient (Wildman–Crippen LogP) is 0.122. The van der Waals surface area contributed by atoms with Crippen molar-refractivity contribution in [2.45, 2.75) is 18.9 Å². The topological polar surface area (TPSA) is 44.8 Å². The van der Waals surface area contributed by atoms with Crippen molar-refractivity contribution in [2.24, 2.45) is 0 Å². The van der Waals surface area contributed by atoms with Gasteiger partial charge in [0, 0.05) is 45.4 Å². The van der Waals surface area contributed by atoms with Gasteiger partial charge in [-0.2, -0.15) is 0 Å². The third-order valence-corrected chi connectivity index (χ3v) is 3.34. The van der Waals surface area contributed by atoms with Crippen LogP contribution in [0.3, 0.4) is 0 Å². The van der Waals surface area contributed by atoms with Crippen molar-refractivity contribution in [2.75, 3.05) is 46.4 Å². The number of nitrogens with one attached hydrogen (secondary N) is 1. The number of hydrogen-bond donors (Lipinski definition) is 1. The zero-order chi connectivity index (χ0) is 11.4. The summed E-state index contributed by atoms with van der Waals surface area (Å²) in [5.41, 5.74) is 0. The number of hydrogen-bond acceptors (Lipinski definition) is 3. The van der Waals surface area contributed by atoms with E-state index in [4.69, 9.17) is 4.74 Å². The molecule has 16 heavy (non-hydrogen) atoms. The molecule has 0 radical (unpaired) electrons. The first kappa shape index (κ1) is 11.7. The average molecular weight is 227 g/mol. The summed E-state index contributed by atoms with van der Waals surface area (Å²) in [6.07, 6.45) is 1.89. The van der Waals surface area contributed by atoms with E-state index in [0.29, 0.717) is 6.04 Å². The second-order valence-electron chi connectivity index (χ2n) is 4.63. The van der Waals surface area contributed by atoms with Crippen molar-refractivity contribution in [1.82, 2.24) is 15.1 Å². The van der Waals surface area contributed by atoms with Gasteiger partial charge in [-0.15, -0.1) is 0 Å². The molecule has 0 aromatic carbocycles. The molecule has 0 bridgehead atoms. The minimum absolute atomic E-state index is 0.0972. The van der Waals surface area contributed by atoms with Crippen LogP contribution in [0.15, 0.2) is 0 Å². The first-order valence-corrected chi connectivity index (χ1v) is 6.07. The van der Waals surface area contributed by atoms with Crippen LogP contribution in [0, 0.1) is 0 Å². The van der Waals surface area contributed by atoms with Gasteiger partial charge in [-0.25, -0.2) is 4.79 Å².